The predicted molar refractivity (Wildman–Crippen MR) is 126 cm³/mol. The minimum Gasteiger partial charge on any atom is -0.328 e. The minimum absolute atomic E-state index is 0.227. The number of pyridine rings is 1. The Bertz CT molecular complexity index is 1500. The summed E-state index contributed by atoms with van der Waals surface area (Å²) >= 11 is 0. The lowest BCUT2D eigenvalue weighted by molar-refractivity contribution is 0.101. The number of H-pyrrole nitrogens is 2. The van der Waals surface area contributed by atoms with Crippen LogP contribution in [-0.4, -0.2) is 36.7 Å². The number of aromatic nitrogens is 5. The number of aromatic amines is 2. The Morgan fingerprint density at radius 2 is 1.64 bits per heavy atom. The van der Waals surface area contributed by atoms with E-state index in [9.17, 15) is 9.59 Å². The lowest BCUT2D eigenvalue weighted by Gasteiger charge is -2.03. The van der Waals surface area contributed by atoms with E-state index >= 15 is 0 Å². The average Bonchev–Trinajstić information content (AvgIpc) is 3.45. The predicted octanol–water partition coefficient (Wildman–Crippen LogP) is 4.46. The average molecular weight is 439 g/mol. The topological polar surface area (TPSA) is 128 Å². The van der Waals surface area contributed by atoms with Crippen LogP contribution in [0.25, 0.3) is 21.8 Å². The van der Waals surface area contributed by atoms with Gasteiger partial charge < -0.3 is 9.97 Å². The molecule has 0 radical (unpaired) electrons. The maximum absolute atomic E-state index is 12.9. The highest BCUT2D eigenvalue weighted by Crippen LogP contribution is 2.21. The molecule has 2 amide bonds. The van der Waals surface area contributed by atoms with E-state index in [1.807, 2.05) is 38.1 Å². The molecule has 5 rings (SSSR count). The third-order valence-electron chi connectivity index (χ3n) is 5.30. The van der Waals surface area contributed by atoms with Gasteiger partial charge in [-0.15, -0.1) is 0 Å². The van der Waals surface area contributed by atoms with E-state index in [4.69, 9.17) is 0 Å². The number of amides is 2. The molecule has 33 heavy (non-hydrogen) atoms. The van der Waals surface area contributed by atoms with Crippen LogP contribution in [0.2, 0.25) is 0 Å². The quantitative estimate of drug-likeness (QED) is 0.321. The molecule has 9 heteroatoms. The highest BCUT2D eigenvalue weighted by Gasteiger charge is 2.17. The Hall–Kier alpha value is -4.53. The standard InChI is InChI=1S/C24H21N7O2/c1-13(2)19-12-26-23(28-19)30-21(32)16-8-5-9-17-20(16)29-24(27-17)31-22(33)18-10-14-6-3-4-7-15(14)11-25-18/h3-13H,1-2H3,(H2,26,28,30,32)(H2,27,29,31,33). The Morgan fingerprint density at radius 3 is 2.42 bits per heavy atom. The van der Waals surface area contributed by atoms with Gasteiger partial charge in [-0.2, -0.15) is 0 Å². The van der Waals surface area contributed by atoms with Gasteiger partial charge in [0.1, 0.15) is 11.2 Å². The summed E-state index contributed by atoms with van der Waals surface area (Å²) in [6.07, 6.45) is 3.36. The number of nitrogens with one attached hydrogen (secondary N) is 4. The van der Waals surface area contributed by atoms with Gasteiger partial charge in [0.2, 0.25) is 11.9 Å². The van der Waals surface area contributed by atoms with Crippen molar-refractivity contribution >= 4 is 45.5 Å². The first-order valence-electron chi connectivity index (χ1n) is 10.5. The molecule has 0 fully saturated rings. The number of fused-ring (bicyclic) bond motifs is 2. The number of hydrogen-bond acceptors (Lipinski definition) is 5. The monoisotopic (exact) mass is 439 g/mol. The summed E-state index contributed by atoms with van der Waals surface area (Å²) < 4.78 is 0. The van der Waals surface area contributed by atoms with E-state index in [2.05, 4.69) is 35.6 Å². The molecule has 9 nitrogen and oxygen atoms in total. The van der Waals surface area contributed by atoms with Crippen LogP contribution >= 0.6 is 0 Å². The molecule has 0 atom stereocenters. The van der Waals surface area contributed by atoms with Gasteiger partial charge in [0, 0.05) is 17.3 Å². The lowest BCUT2D eigenvalue weighted by atomic mass is 10.1. The highest BCUT2D eigenvalue weighted by molar-refractivity contribution is 6.11. The molecule has 3 heterocycles. The molecule has 5 aromatic rings. The smallest absolute Gasteiger partial charge is 0.276 e. The molecular weight excluding hydrogens is 418 g/mol. The fourth-order valence-corrected chi connectivity index (χ4v) is 3.52. The van der Waals surface area contributed by atoms with Crippen molar-refractivity contribution in [2.45, 2.75) is 19.8 Å². The molecule has 0 aliphatic heterocycles. The second kappa shape index (κ2) is 8.19. The Morgan fingerprint density at radius 1 is 0.848 bits per heavy atom. The van der Waals surface area contributed by atoms with Gasteiger partial charge in [0.05, 0.1) is 17.3 Å². The van der Waals surface area contributed by atoms with Crippen molar-refractivity contribution in [3.05, 3.63) is 77.9 Å². The second-order valence-electron chi connectivity index (χ2n) is 7.95. The summed E-state index contributed by atoms with van der Waals surface area (Å²) in [6, 6.07) is 14.6. The van der Waals surface area contributed by atoms with Crippen LogP contribution in [0.5, 0.6) is 0 Å². The first kappa shape index (κ1) is 20.4. The number of para-hydroxylation sites is 1. The lowest BCUT2D eigenvalue weighted by Crippen LogP contribution is -2.15. The molecule has 0 saturated carbocycles. The van der Waals surface area contributed by atoms with Gasteiger partial charge in [-0.05, 0) is 29.5 Å². The molecule has 0 aliphatic carbocycles. The van der Waals surface area contributed by atoms with Crippen LogP contribution in [0.1, 0.15) is 46.3 Å². The maximum atomic E-state index is 12.9. The summed E-state index contributed by atoms with van der Waals surface area (Å²) in [7, 11) is 0. The Balaban J connectivity index is 1.38. The van der Waals surface area contributed by atoms with E-state index in [1.165, 1.54) is 0 Å². The van der Waals surface area contributed by atoms with Crippen molar-refractivity contribution in [3.63, 3.8) is 0 Å². The number of benzene rings is 2. The van der Waals surface area contributed by atoms with Crippen LogP contribution in [-0.2, 0) is 0 Å². The molecular formula is C24H21N7O2. The molecule has 0 unspecified atom stereocenters. The molecule has 0 spiro atoms. The number of imidazole rings is 2. The molecule has 4 N–H and O–H groups in total. The third kappa shape index (κ3) is 4.03. The van der Waals surface area contributed by atoms with Gasteiger partial charge in [0.15, 0.2) is 0 Å². The number of rotatable bonds is 5. The summed E-state index contributed by atoms with van der Waals surface area (Å²) in [5.74, 6) is 0.104. The zero-order chi connectivity index (χ0) is 22.9. The highest BCUT2D eigenvalue weighted by atomic mass is 16.2. The number of hydrogen-bond donors (Lipinski definition) is 4. The fourth-order valence-electron chi connectivity index (χ4n) is 3.52. The zero-order valence-electron chi connectivity index (χ0n) is 18.0. The van der Waals surface area contributed by atoms with E-state index in [0.717, 1.165) is 16.5 Å². The summed E-state index contributed by atoms with van der Waals surface area (Å²) in [6.45, 7) is 4.07. The van der Waals surface area contributed by atoms with Crippen LogP contribution in [0.4, 0.5) is 11.9 Å². The summed E-state index contributed by atoms with van der Waals surface area (Å²) in [5, 5.41) is 7.35. The van der Waals surface area contributed by atoms with Crippen molar-refractivity contribution < 1.29 is 9.59 Å². The van der Waals surface area contributed by atoms with Crippen LogP contribution in [0, 0.1) is 0 Å². The molecule has 0 bridgehead atoms. The molecule has 3 aromatic heterocycles. The number of carbonyl (C=O) groups excluding carboxylic acids is 2. The van der Waals surface area contributed by atoms with Crippen LogP contribution in [0.3, 0.4) is 0 Å². The molecule has 164 valence electrons. The van der Waals surface area contributed by atoms with E-state index < -0.39 is 5.91 Å². The van der Waals surface area contributed by atoms with Crippen LogP contribution in [0.15, 0.2) is 60.9 Å². The van der Waals surface area contributed by atoms with Gasteiger partial charge in [-0.1, -0.05) is 44.2 Å². The van der Waals surface area contributed by atoms with Crippen LogP contribution < -0.4 is 10.6 Å². The molecule has 0 aliphatic rings. The van der Waals surface area contributed by atoms with Gasteiger partial charge in [-0.3, -0.25) is 25.2 Å². The normalized spacial score (nSPS) is 11.2. The van der Waals surface area contributed by atoms with Gasteiger partial charge >= 0.3 is 0 Å². The van der Waals surface area contributed by atoms with Crippen molar-refractivity contribution in [3.8, 4) is 0 Å². The van der Waals surface area contributed by atoms with E-state index in [-0.39, 0.29) is 23.5 Å². The number of anilines is 2. The van der Waals surface area contributed by atoms with Crippen molar-refractivity contribution in [2.24, 2.45) is 0 Å². The third-order valence-corrected chi connectivity index (χ3v) is 5.30. The Kier molecular flexibility index (Phi) is 5.06. The van der Waals surface area contributed by atoms with E-state index in [1.54, 1.807) is 36.7 Å². The maximum Gasteiger partial charge on any atom is 0.276 e. The summed E-state index contributed by atoms with van der Waals surface area (Å²) in [5.41, 5.74) is 2.61. The van der Waals surface area contributed by atoms with Crippen molar-refractivity contribution in [1.82, 2.24) is 24.9 Å². The minimum atomic E-state index is -0.400. The molecule has 0 saturated heterocycles. The molecule has 2 aromatic carbocycles. The largest absolute Gasteiger partial charge is 0.328 e. The van der Waals surface area contributed by atoms with Crippen molar-refractivity contribution in [1.29, 1.82) is 0 Å². The fraction of sp³-hybridized carbons (Fsp3) is 0.125. The van der Waals surface area contributed by atoms with E-state index in [0.29, 0.717) is 22.5 Å². The SMILES string of the molecule is CC(C)c1cnc(NC(=O)c2cccc3[nH]c(NC(=O)c4cc5ccccc5cn4)nc23)[nH]1. The number of nitrogens with zero attached hydrogens (tertiary/aromatic N) is 3. The zero-order valence-corrected chi connectivity index (χ0v) is 18.0. The van der Waals surface area contributed by atoms with Crippen molar-refractivity contribution in [2.75, 3.05) is 10.6 Å². The summed E-state index contributed by atoms with van der Waals surface area (Å²) in [4.78, 5) is 44.6. The van der Waals surface area contributed by atoms with Gasteiger partial charge in [-0.25, -0.2) is 9.97 Å². The van der Waals surface area contributed by atoms with Gasteiger partial charge in [0.25, 0.3) is 11.8 Å². The first-order chi connectivity index (χ1) is 16.0. The first-order valence-corrected chi connectivity index (χ1v) is 10.5. The second-order valence-corrected chi connectivity index (χ2v) is 7.95. The Labute approximate surface area is 188 Å². The number of carbonyl (C=O) groups is 2.